The van der Waals surface area contributed by atoms with Crippen LogP contribution in [0.3, 0.4) is 0 Å². The lowest BCUT2D eigenvalue weighted by atomic mass is 9.89. The molecular weight excluding hydrogens is 380 g/mol. The van der Waals surface area contributed by atoms with E-state index in [2.05, 4.69) is 55.1 Å². The van der Waals surface area contributed by atoms with E-state index in [1.165, 1.54) is 22.4 Å². The second-order valence-electron chi connectivity index (χ2n) is 8.01. The minimum absolute atomic E-state index is 0.168. The van der Waals surface area contributed by atoms with Gasteiger partial charge in [-0.1, -0.05) is 44.2 Å². The predicted octanol–water partition coefficient (Wildman–Crippen LogP) is 4.78. The Balaban J connectivity index is 1.73. The Morgan fingerprint density at radius 3 is 2.62 bits per heavy atom. The lowest BCUT2D eigenvalue weighted by Crippen LogP contribution is -2.38. The molecule has 2 aliphatic rings. The fourth-order valence-electron chi connectivity index (χ4n) is 4.06. The zero-order valence-corrected chi connectivity index (χ0v) is 18.0. The standard InChI is InChI=1S/C24H28N2O2S/c1-17(2)23-12-19-20(14-25)24(29-16-18-6-4-3-5-7-18)13-22(21(19)15-28-23)26-8-10-27-11-9-26/h3-7,13,17,23H,8-12,15-16H2,1-2H3. The molecule has 4 rings (SSSR count). The van der Waals surface area contributed by atoms with E-state index in [0.29, 0.717) is 12.5 Å². The topological polar surface area (TPSA) is 45.5 Å². The van der Waals surface area contributed by atoms with Gasteiger partial charge in [0.05, 0.1) is 31.5 Å². The van der Waals surface area contributed by atoms with Crippen molar-refractivity contribution in [3.8, 4) is 6.07 Å². The molecule has 2 aliphatic heterocycles. The van der Waals surface area contributed by atoms with E-state index < -0.39 is 0 Å². The molecule has 2 aromatic rings. The number of nitriles is 1. The van der Waals surface area contributed by atoms with Crippen molar-refractivity contribution in [1.82, 2.24) is 0 Å². The van der Waals surface area contributed by atoms with E-state index >= 15 is 0 Å². The molecule has 2 heterocycles. The quantitative estimate of drug-likeness (QED) is 0.666. The third-order valence-electron chi connectivity index (χ3n) is 5.78. The Morgan fingerprint density at radius 1 is 1.17 bits per heavy atom. The van der Waals surface area contributed by atoms with Crippen molar-refractivity contribution in [3.63, 3.8) is 0 Å². The number of nitrogens with zero attached hydrogens (tertiary/aromatic N) is 2. The first-order valence-corrected chi connectivity index (χ1v) is 11.4. The number of ether oxygens (including phenoxy) is 2. The highest BCUT2D eigenvalue weighted by atomic mass is 32.2. The molecule has 0 spiro atoms. The smallest absolute Gasteiger partial charge is 0.101 e. The van der Waals surface area contributed by atoms with Crippen LogP contribution in [0.25, 0.3) is 0 Å². The molecule has 0 N–H and O–H groups in total. The molecule has 2 aromatic carbocycles. The number of fused-ring (bicyclic) bond motifs is 1. The van der Waals surface area contributed by atoms with E-state index in [-0.39, 0.29) is 6.10 Å². The maximum Gasteiger partial charge on any atom is 0.101 e. The van der Waals surface area contributed by atoms with Crippen LogP contribution in [0.5, 0.6) is 0 Å². The molecule has 1 unspecified atom stereocenters. The van der Waals surface area contributed by atoms with Gasteiger partial charge in [0.1, 0.15) is 6.07 Å². The Hall–Kier alpha value is -2.00. The molecule has 5 heteroatoms. The minimum Gasteiger partial charge on any atom is -0.378 e. The number of benzene rings is 2. The summed E-state index contributed by atoms with van der Waals surface area (Å²) in [7, 11) is 0. The summed E-state index contributed by atoms with van der Waals surface area (Å²) in [4.78, 5) is 3.48. The Morgan fingerprint density at radius 2 is 1.93 bits per heavy atom. The van der Waals surface area contributed by atoms with Gasteiger partial charge in [-0.3, -0.25) is 0 Å². The lowest BCUT2D eigenvalue weighted by Gasteiger charge is -2.36. The van der Waals surface area contributed by atoms with E-state index in [1.54, 1.807) is 11.8 Å². The number of rotatable bonds is 5. The predicted molar refractivity (Wildman–Crippen MR) is 117 cm³/mol. The average Bonchev–Trinajstić information content (AvgIpc) is 2.77. The van der Waals surface area contributed by atoms with E-state index in [9.17, 15) is 5.26 Å². The molecule has 1 fully saturated rings. The maximum atomic E-state index is 10.1. The summed E-state index contributed by atoms with van der Waals surface area (Å²) in [5.41, 5.74) is 5.73. The highest BCUT2D eigenvalue weighted by molar-refractivity contribution is 7.98. The molecule has 0 aromatic heterocycles. The number of hydrogen-bond acceptors (Lipinski definition) is 5. The zero-order valence-electron chi connectivity index (χ0n) is 17.2. The van der Waals surface area contributed by atoms with Crippen LogP contribution >= 0.6 is 11.8 Å². The SMILES string of the molecule is CC(C)C1Cc2c(C#N)c(SCc3ccccc3)cc(N3CCOCC3)c2CO1. The van der Waals surface area contributed by atoms with Gasteiger partial charge in [0.2, 0.25) is 0 Å². The van der Waals surface area contributed by atoms with Crippen molar-refractivity contribution in [2.45, 2.75) is 43.6 Å². The van der Waals surface area contributed by atoms with Gasteiger partial charge in [-0.05, 0) is 23.1 Å². The zero-order chi connectivity index (χ0) is 20.2. The van der Waals surface area contributed by atoms with E-state index in [1.807, 2.05) is 6.07 Å². The molecule has 29 heavy (non-hydrogen) atoms. The van der Waals surface area contributed by atoms with Crippen molar-refractivity contribution in [2.24, 2.45) is 5.92 Å². The Kier molecular flexibility index (Phi) is 6.44. The summed E-state index contributed by atoms with van der Waals surface area (Å²) >= 11 is 1.76. The number of hydrogen-bond donors (Lipinski definition) is 0. The second-order valence-corrected chi connectivity index (χ2v) is 9.03. The van der Waals surface area contributed by atoms with E-state index in [4.69, 9.17) is 9.47 Å². The van der Waals surface area contributed by atoms with Crippen LogP contribution in [-0.2, 0) is 28.3 Å². The minimum atomic E-state index is 0.168. The van der Waals surface area contributed by atoms with Crippen LogP contribution in [0.1, 0.15) is 36.1 Å². The summed E-state index contributed by atoms with van der Waals surface area (Å²) in [6, 6.07) is 15.2. The van der Waals surface area contributed by atoms with E-state index in [0.717, 1.165) is 48.9 Å². The van der Waals surface area contributed by atoms with Crippen LogP contribution in [0.2, 0.25) is 0 Å². The van der Waals surface area contributed by atoms with Gasteiger partial charge < -0.3 is 14.4 Å². The molecule has 1 saturated heterocycles. The van der Waals surface area contributed by atoms with Crippen molar-refractivity contribution in [3.05, 3.63) is 58.7 Å². The van der Waals surface area contributed by atoms with Gasteiger partial charge in [-0.25, -0.2) is 0 Å². The molecule has 152 valence electrons. The van der Waals surface area contributed by atoms with Gasteiger partial charge >= 0.3 is 0 Å². The average molecular weight is 409 g/mol. The molecule has 0 aliphatic carbocycles. The van der Waals surface area contributed by atoms with Crippen molar-refractivity contribution in [1.29, 1.82) is 5.26 Å². The molecule has 0 bridgehead atoms. The van der Waals surface area contributed by atoms with Crippen molar-refractivity contribution < 1.29 is 9.47 Å². The van der Waals surface area contributed by atoms with Gasteiger partial charge in [0.25, 0.3) is 0 Å². The number of morpholine rings is 1. The Labute approximate surface area is 177 Å². The van der Waals surface area contributed by atoms with Gasteiger partial charge in [0, 0.05) is 41.4 Å². The van der Waals surface area contributed by atoms with Crippen LogP contribution < -0.4 is 4.90 Å². The molecule has 0 amide bonds. The van der Waals surface area contributed by atoms with Crippen LogP contribution in [-0.4, -0.2) is 32.4 Å². The molecule has 4 nitrogen and oxygen atoms in total. The fraction of sp³-hybridized carbons (Fsp3) is 0.458. The largest absolute Gasteiger partial charge is 0.378 e. The van der Waals surface area contributed by atoms with Gasteiger partial charge in [-0.2, -0.15) is 5.26 Å². The Bertz CT molecular complexity index is 886. The summed E-state index contributed by atoms with van der Waals surface area (Å²) in [6.45, 7) is 8.23. The molecular formula is C24H28N2O2S. The fourth-order valence-corrected chi connectivity index (χ4v) is 5.08. The monoisotopic (exact) mass is 408 g/mol. The van der Waals surface area contributed by atoms with Crippen molar-refractivity contribution in [2.75, 3.05) is 31.2 Å². The first kappa shape index (κ1) is 20.3. The third kappa shape index (κ3) is 4.45. The van der Waals surface area contributed by atoms with Crippen LogP contribution in [0, 0.1) is 17.2 Å². The molecule has 0 saturated carbocycles. The maximum absolute atomic E-state index is 10.1. The summed E-state index contributed by atoms with van der Waals surface area (Å²) in [5, 5.41) is 10.1. The van der Waals surface area contributed by atoms with Crippen LogP contribution in [0.4, 0.5) is 5.69 Å². The first-order valence-electron chi connectivity index (χ1n) is 10.4. The highest BCUT2D eigenvalue weighted by Crippen LogP contribution is 2.40. The number of anilines is 1. The normalized spacial score (nSPS) is 19.1. The molecule has 1 atom stereocenters. The highest BCUT2D eigenvalue weighted by Gasteiger charge is 2.30. The lowest BCUT2D eigenvalue weighted by molar-refractivity contribution is -0.000345. The third-order valence-corrected chi connectivity index (χ3v) is 6.89. The van der Waals surface area contributed by atoms with Gasteiger partial charge in [-0.15, -0.1) is 11.8 Å². The summed E-state index contributed by atoms with van der Waals surface area (Å²) in [6.07, 6.45) is 0.981. The number of thioether (sulfide) groups is 1. The van der Waals surface area contributed by atoms with Crippen molar-refractivity contribution >= 4 is 17.4 Å². The molecule has 0 radical (unpaired) electrons. The summed E-state index contributed by atoms with van der Waals surface area (Å²) in [5.74, 6) is 1.29. The second kappa shape index (κ2) is 9.21. The first-order chi connectivity index (χ1) is 14.2. The summed E-state index contributed by atoms with van der Waals surface area (Å²) < 4.78 is 11.8. The van der Waals surface area contributed by atoms with Crippen LogP contribution in [0.15, 0.2) is 41.3 Å². The van der Waals surface area contributed by atoms with Gasteiger partial charge in [0.15, 0.2) is 0 Å².